The van der Waals surface area contributed by atoms with Crippen molar-refractivity contribution in [1.82, 2.24) is 0 Å². The summed E-state index contributed by atoms with van der Waals surface area (Å²) in [5, 5.41) is 14.2. The highest BCUT2D eigenvalue weighted by Crippen LogP contribution is 2.46. The Morgan fingerprint density at radius 1 is 1.14 bits per heavy atom. The SMILES string of the molecule is COc1cccc2c1cc([N+](=O)[O-])c1ccc3c(c12)OCO3. The van der Waals surface area contributed by atoms with Gasteiger partial charge in [0.25, 0.3) is 5.69 Å². The molecule has 0 saturated heterocycles. The molecule has 0 aliphatic carbocycles. The largest absolute Gasteiger partial charge is 0.496 e. The minimum absolute atomic E-state index is 0.0188. The smallest absolute Gasteiger partial charge is 0.278 e. The number of rotatable bonds is 2. The normalized spacial score (nSPS) is 12.8. The molecular weight excluding hydrogens is 286 g/mol. The van der Waals surface area contributed by atoms with Crippen LogP contribution in [0.15, 0.2) is 36.4 Å². The lowest BCUT2D eigenvalue weighted by atomic mass is 9.98. The summed E-state index contributed by atoms with van der Waals surface area (Å²) in [7, 11) is 1.54. The highest BCUT2D eigenvalue weighted by atomic mass is 16.7. The summed E-state index contributed by atoms with van der Waals surface area (Å²) in [6, 6.07) is 10.5. The summed E-state index contributed by atoms with van der Waals surface area (Å²) < 4.78 is 16.3. The van der Waals surface area contributed by atoms with Crippen LogP contribution in [0.3, 0.4) is 0 Å². The molecule has 1 aliphatic heterocycles. The van der Waals surface area contributed by atoms with Gasteiger partial charge in [-0.15, -0.1) is 0 Å². The van der Waals surface area contributed by atoms with Gasteiger partial charge in [0.2, 0.25) is 6.79 Å². The van der Waals surface area contributed by atoms with E-state index in [0.29, 0.717) is 33.4 Å². The third-order valence-electron chi connectivity index (χ3n) is 3.85. The van der Waals surface area contributed by atoms with E-state index >= 15 is 0 Å². The number of fused-ring (bicyclic) bond motifs is 5. The summed E-state index contributed by atoms with van der Waals surface area (Å²) in [5.74, 6) is 1.72. The third kappa shape index (κ3) is 1.60. The van der Waals surface area contributed by atoms with Crippen LogP contribution >= 0.6 is 0 Å². The first kappa shape index (κ1) is 12.7. The number of non-ortho nitro benzene ring substituents is 1. The Morgan fingerprint density at radius 2 is 2.00 bits per heavy atom. The summed E-state index contributed by atoms with van der Waals surface area (Å²) in [6.45, 7) is 0.114. The average molecular weight is 297 g/mol. The van der Waals surface area contributed by atoms with Crippen LogP contribution in [-0.4, -0.2) is 18.8 Å². The van der Waals surface area contributed by atoms with E-state index in [9.17, 15) is 10.1 Å². The summed E-state index contributed by atoms with van der Waals surface area (Å²) in [6.07, 6.45) is 0. The Hall–Kier alpha value is -3.02. The molecular formula is C16H11NO5. The number of methoxy groups -OCH3 is 1. The van der Waals surface area contributed by atoms with Crippen LogP contribution in [-0.2, 0) is 0 Å². The van der Waals surface area contributed by atoms with E-state index in [4.69, 9.17) is 14.2 Å². The second-order valence-corrected chi connectivity index (χ2v) is 4.93. The Kier molecular flexibility index (Phi) is 2.59. The minimum Gasteiger partial charge on any atom is -0.496 e. The van der Waals surface area contributed by atoms with Crippen molar-refractivity contribution >= 4 is 27.2 Å². The maximum absolute atomic E-state index is 11.5. The Labute approximate surface area is 125 Å². The molecule has 0 N–H and O–H groups in total. The van der Waals surface area contributed by atoms with E-state index in [1.54, 1.807) is 31.4 Å². The average Bonchev–Trinajstić information content (AvgIpc) is 3.01. The number of hydrogen-bond acceptors (Lipinski definition) is 5. The third-order valence-corrected chi connectivity index (χ3v) is 3.85. The van der Waals surface area contributed by atoms with Gasteiger partial charge in [0.15, 0.2) is 11.5 Å². The van der Waals surface area contributed by atoms with Crippen LogP contribution in [0.25, 0.3) is 21.5 Å². The highest BCUT2D eigenvalue weighted by Gasteiger charge is 2.24. The lowest BCUT2D eigenvalue weighted by Gasteiger charge is -2.10. The van der Waals surface area contributed by atoms with Gasteiger partial charge in [-0.2, -0.15) is 0 Å². The van der Waals surface area contributed by atoms with E-state index in [-0.39, 0.29) is 12.5 Å². The zero-order valence-corrected chi connectivity index (χ0v) is 11.7. The van der Waals surface area contributed by atoms with Gasteiger partial charge in [0.05, 0.1) is 17.4 Å². The molecule has 4 rings (SSSR count). The molecule has 0 saturated carbocycles. The lowest BCUT2D eigenvalue weighted by molar-refractivity contribution is -0.382. The van der Waals surface area contributed by atoms with Gasteiger partial charge in [-0.25, -0.2) is 0 Å². The monoisotopic (exact) mass is 297 g/mol. The van der Waals surface area contributed by atoms with Gasteiger partial charge < -0.3 is 14.2 Å². The fourth-order valence-electron chi connectivity index (χ4n) is 2.91. The van der Waals surface area contributed by atoms with Crippen molar-refractivity contribution in [3.05, 3.63) is 46.5 Å². The predicted molar refractivity (Wildman–Crippen MR) is 80.8 cm³/mol. The quantitative estimate of drug-likeness (QED) is 0.410. The van der Waals surface area contributed by atoms with E-state index in [0.717, 1.165) is 5.39 Å². The molecule has 1 aliphatic rings. The molecule has 0 aromatic heterocycles. The molecule has 3 aromatic rings. The molecule has 6 nitrogen and oxygen atoms in total. The van der Waals surface area contributed by atoms with E-state index in [1.807, 2.05) is 12.1 Å². The van der Waals surface area contributed by atoms with E-state index in [2.05, 4.69) is 0 Å². The number of ether oxygens (including phenoxy) is 3. The maximum Gasteiger partial charge on any atom is 0.278 e. The molecule has 3 aromatic carbocycles. The van der Waals surface area contributed by atoms with Crippen LogP contribution in [0.1, 0.15) is 0 Å². The van der Waals surface area contributed by atoms with Gasteiger partial charge >= 0.3 is 0 Å². The molecule has 0 unspecified atom stereocenters. The second kappa shape index (κ2) is 4.49. The van der Waals surface area contributed by atoms with Crippen molar-refractivity contribution in [3.63, 3.8) is 0 Å². The summed E-state index contributed by atoms with van der Waals surface area (Å²) in [5.41, 5.74) is 0.0188. The van der Waals surface area contributed by atoms with Crippen molar-refractivity contribution in [2.45, 2.75) is 0 Å². The van der Waals surface area contributed by atoms with Crippen LogP contribution in [0, 0.1) is 10.1 Å². The molecule has 0 atom stereocenters. The van der Waals surface area contributed by atoms with Crippen molar-refractivity contribution in [3.8, 4) is 17.2 Å². The van der Waals surface area contributed by atoms with Crippen molar-refractivity contribution in [2.75, 3.05) is 13.9 Å². The molecule has 0 radical (unpaired) electrons. The Morgan fingerprint density at radius 3 is 2.77 bits per heavy atom. The molecule has 6 heteroatoms. The lowest BCUT2D eigenvalue weighted by Crippen LogP contribution is -1.94. The number of nitro benzene ring substituents is 1. The first-order valence-electron chi connectivity index (χ1n) is 6.67. The zero-order chi connectivity index (χ0) is 15.3. The van der Waals surface area contributed by atoms with Crippen molar-refractivity contribution < 1.29 is 19.1 Å². The predicted octanol–water partition coefficient (Wildman–Crippen LogP) is 3.64. The van der Waals surface area contributed by atoms with Gasteiger partial charge in [0, 0.05) is 16.8 Å². The van der Waals surface area contributed by atoms with E-state index in [1.165, 1.54) is 0 Å². The standard InChI is InChI=1S/C16H11NO5/c1-20-13-4-2-3-9-11(13)7-12(17(18)19)10-5-6-14-16(15(9)10)22-8-21-14/h2-7H,8H2,1H3. The van der Waals surface area contributed by atoms with Gasteiger partial charge in [-0.1, -0.05) is 12.1 Å². The number of nitro groups is 1. The number of hydrogen-bond donors (Lipinski definition) is 0. The van der Waals surface area contributed by atoms with Crippen molar-refractivity contribution in [1.29, 1.82) is 0 Å². The van der Waals surface area contributed by atoms with Crippen LogP contribution in [0.2, 0.25) is 0 Å². The summed E-state index contributed by atoms with van der Waals surface area (Å²) in [4.78, 5) is 11.1. The Balaban J connectivity index is 2.27. The second-order valence-electron chi connectivity index (χ2n) is 4.93. The van der Waals surface area contributed by atoms with Crippen LogP contribution < -0.4 is 14.2 Å². The van der Waals surface area contributed by atoms with Gasteiger partial charge in [-0.3, -0.25) is 10.1 Å². The summed E-state index contributed by atoms with van der Waals surface area (Å²) >= 11 is 0. The minimum atomic E-state index is -0.392. The van der Waals surface area contributed by atoms with Crippen LogP contribution in [0.4, 0.5) is 5.69 Å². The first-order chi connectivity index (χ1) is 10.7. The molecule has 0 fully saturated rings. The number of nitrogens with zero attached hydrogens (tertiary/aromatic N) is 1. The molecule has 1 heterocycles. The first-order valence-corrected chi connectivity index (χ1v) is 6.67. The molecule has 0 amide bonds. The Bertz CT molecular complexity index is 935. The topological polar surface area (TPSA) is 70.8 Å². The maximum atomic E-state index is 11.5. The van der Waals surface area contributed by atoms with E-state index < -0.39 is 4.92 Å². The molecule has 0 bridgehead atoms. The van der Waals surface area contributed by atoms with Gasteiger partial charge in [-0.05, 0) is 23.6 Å². The van der Waals surface area contributed by atoms with Gasteiger partial charge in [0.1, 0.15) is 5.75 Å². The fraction of sp³-hybridized carbons (Fsp3) is 0.125. The van der Waals surface area contributed by atoms with Crippen LogP contribution in [0.5, 0.6) is 17.2 Å². The zero-order valence-electron chi connectivity index (χ0n) is 11.7. The van der Waals surface area contributed by atoms with Crippen molar-refractivity contribution in [2.24, 2.45) is 0 Å². The number of benzene rings is 3. The molecule has 110 valence electrons. The fourth-order valence-corrected chi connectivity index (χ4v) is 2.91. The highest BCUT2D eigenvalue weighted by molar-refractivity contribution is 6.16. The molecule has 22 heavy (non-hydrogen) atoms. The molecule has 0 spiro atoms.